The van der Waals surface area contributed by atoms with E-state index in [1.807, 2.05) is 12.1 Å². The van der Waals surface area contributed by atoms with E-state index in [2.05, 4.69) is 22.5 Å². The minimum Gasteiger partial charge on any atom is -0.376 e. The molecule has 1 amide bonds. The van der Waals surface area contributed by atoms with Crippen LogP contribution in [0.5, 0.6) is 0 Å². The summed E-state index contributed by atoms with van der Waals surface area (Å²) < 4.78 is 12.9. The van der Waals surface area contributed by atoms with Crippen molar-refractivity contribution in [2.45, 2.75) is 32.2 Å². The summed E-state index contributed by atoms with van der Waals surface area (Å²) in [6.07, 6.45) is 6.49. The average Bonchev–Trinajstić information content (AvgIpc) is 2.59. The molecule has 4 nitrogen and oxygen atoms in total. The van der Waals surface area contributed by atoms with Gasteiger partial charge < -0.3 is 10.6 Å². The van der Waals surface area contributed by atoms with E-state index in [1.54, 1.807) is 24.5 Å². The maximum Gasteiger partial charge on any atom is 0.239 e. The number of halogens is 1. The van der Waals surface area contributed by atoms with Crippen molar-refractivity contribution in [1.29, 1.82) is 0 Å². The first-order valence-corrected chi connectivity index (χ1v) is 7.87. The molecule has 0 aliphatic carbocycles. The van der Waals surface area contributed by atoms with Crippen LogP contribution in [-0.2, 0) is 4.79 Å². The maximum atomic E-state index is 12.9. The van der Waals surface area contributed by atoms with Gasteiger partial charge in [-0.25, -0.2) is 4.39 Å². The molecule has 0 saturated heterocycles. The number of aromatic nitrogens is 1. The molecule has 23 heavy (non-hydrogen) atoms. The van der Waals surface area contributed by atoms with E-state index in [9.17, 15) is 9.18 Å². The molecular weight excluding hydrogens is 293 g/mol. The van der Waals surface area contributed by atoms with Gasteiger partial charge in [0, 0.05) is 18.1 Å². The third kappa shape index (κ3) is 5.70. The SMILES string of the molecule is CCCC[C@@H](NC(=O)CNc1ccc(F)cc1)c1cccnc1. The monoisotopic (exact) mass is 315 g/mol. The second-order valence-electron chi connectivity index (χ2n) is 5.41. The predicted octanol–water partition coefficient (Wildman–Crippen LogP) is 3.68. The Bertz CT molecular complexity index is 601. The van der Waals surface area contributed by atoms with Crippen molar-refractivity contribution in [2.75, 3.05) is 11.9 Å². The summed E-state index contributed by atoms with van der Waals surface area (Å²) in [6, 6.07) is 9.75. The zero-order chi connectivity index (χ0) is 16.5. The van der Waals surface area contributed by atoms with Crippen molar-refractivity contribution in [1.82, 2.24) is 10.3 Å². The molecule has 2 aromatic rings. The number of nitrogens with one attached hydrogen (secondary N) is 2. The Morgan fingerprint density at radius 3 is 2.70 bits per heavy atom. The van der Waals surface area contributed by atoms with Crippen LogP contribution in [0.1, 0.15) is 37.8 Å². The number of pyridine rings is 1. The Labute approximate surface area is 136 Å². The molecule has 0 saturated carbocycles. The summed E-state index contributed by atoms with van der Waals surface area (Å²) in [5.74, 6) is -0.393. The van der Waals surface area contributed by atoms with E-state index in [1.165, 1.54) is 12.1 Å². The molecule has 122 valence electrons. The second kappa shape index (κ2) is 8.88. The Morgan fingerprint density at radius 2 is 2.04 bits per heavy atom. The fourth-order valence-electron chi connectivity index (χ4n) is 2.31. The number of carbonyl (C=O) groups is 1. The Kier molecular flexibility index (Phi) is 6.54. The maximum absolute atomic E-state index is 12.9. The molecule has 0 fully saturated rings. The van der Waals surface area contributed by atoms with Crippen LogP contribution in [0.2, 0.25) is 0 Å². The number of benzene rings is 1. The number of nitrogens with zero attached hydrogens (tertiary/aromatic N) is 1. The van der Waals surface area contributed by atoms with Crippen molar-refractivity contribution < 1.29 is 9.18 Å². The molecule has 1 atom stereocenters. The van der Waals surface area contributed by atoms with Crippen molar-refractivity contribution >= 4 is 11.6 Å². The molecule has 2 N–H and O–H groups in total. The normalized spacial score (nSPS) is 11.7. The molecule has 1 aromatic heterocycles. The van der Waals surface area contributed by atoms with E-state index in [0.29, 0.717) is 5.69 Å². The molecule has 1 heterocycles. The highest BCUT2D eigenvalue weighted by molar-refractivity contribution is 5.81. The first-order chi connectivity index (χ1) is 11.2. The molecule has 0 aliphatic heterocycles. The lowest BCUT2D eigenvalue weighted by atomic mass is 10.0. The van der Waals surface area contributed by atoms with Crippen LogP contribution in [-0.4, -0.2) is 17.4 Å². The van der Waals surface area contributed by atoms with Crippen LogP contribution in [0.3, 0.4) is 0 Å². The van der Waals surface area contributed by atoms with Gasteiger partial charge in [-0.2, -0.15) is 0 Å². The lowest BCUT2D eigenvalue weighted by Gasteiger charge is -2.19. The van der Waals surface area contributed by atoms with Gasteiger partial charge in [0.15, 0.2) is 0 Å². The summed E-state index contributed by atoms with van der Waals surface area (Å²) in [6.45, 7) is 2.27. The van der Waals surface area contributed by atoms with Crippen LogP contribution in [0, 0.1) is 5.82 Å². The number of hydrogen-bond acceptors (Lipinski definition) is 3. The zero-order valence-corrected chi connectivity index (χ0v) is 13.3. The quantitative estimate of drug-likeness (QED) is 0.781. The first-order valence-electron chi connectivity index (χ1n) is 7.87. The summed E-state index contributed by atoms with van der Waals surface area (Å²) in [7, 11) is 0. The third-order valence-corrected chi connectivity index (χ3v) is 3.57. The van der Waals surface area contributed by atoms with Crippen LogP contribution < -0.4 is 10.6 Å². The fourth-order valence-corrected chi connectivity index (χ4v) is 2.31. The lowest BCUT2D eigenvalue weighted by Crippen LogP contribution is -2.33. The van der Waals surface area contributed by atoms with E-state index in [-0.39, 0.29) is 24.3 Å². The highest BCUT2D eigenvalue weighted by Crippen LogP contribution is 2.18. The molecule has 0 unspecified atom stereocenters. The summed E-state index contributed by atoms with van der Waals surface area (Å²) in [5, 5.41) is 6.02. The van der Waals surface area contributed by atoms with Gasteiger partial charge in [-0.3, -0.25) is 9.78 Å². The van der Waals surface area contributed by atoms with E-state index in [0.717, 1.165) is 24.8 Å². The molecule has 0 spiro atoms. The van der Waals surface area contributed by atoms with Crippen molar-refractivity contribution in [3.8, 4) is 0 Å². The van der Waals surface area contributed by atoms with Crippen molar-refractivity contribution in [3.05, 3.63) is 60.2 Å². The summed E-state index contributed by atoms with van der Waals surface area (Å²) in [4.78, 5) is 16.3. The summed E-state index contributed by atoms with van der Waals surface area (Å²) in [5.41, 5.74) is 1.73. The van der Waals surface area contributed by atoms with E-state index in [4.69, 9.17) is 0 Å². The van der Waals surface area contributed by atoms with Gasteiger partial charge in [0.05, 0.1) is 12.6 Å². The van der Waals surface area contributed by atoms with E-state index >= 15 is 0 Å². The molecule has 2 rings (SSSR count). The Morgan fingerprint density at radius 1 is 1.26 bits per heavy atom. The van der Waals surface area contributed by atoms with Crippen molar-refractivity contribution in [2.24, 2.45) is 0 Å². The van der Waals surface area contributed by atoms with Crippen LogP contribution in [0.4, 0.5) is 10.1 Å². The molecule has 1 aromatic carbocycles. The number of amides is 1. The molecule has 5 heteroatoms. The number of unbranched alkanes of at least 4 members (excludes halogenated alkanes) is 1. The fraction of sp³-hybridized carbons (Fsp3) is 0.333. The van der Waals surface area contributed by atoms with Gasteiger partial charge in [0.1, 0.15) is 5.82 Å². The molecule has 0 radical (unpaired) electrons. The highest BCUT2D eigenvalue weighted by Gasteiger charge is 2.14. The number of anilines is 1. The second-order valence-corrected chi connectivity index (χ2v) is 5.41. The minimum absolute atomic E-state index is 0.0360. The zero-order valence-electron chi connectivity index (χ0n) is 13.3. The highest BCUT2D eigenvalue weighted by atomic mass is 19.1. The van der Waals surface area contributed by atoms with Gasteiger partial charge >= 0.3 is 0 Å². The number of hydrogen-bond donors (Lipinski definition) is 2. The number of rotatable bonds is 8. The lowest BCUT2D eigenvalue weighted by molar-refractivity contribution is -0.120. The first kappa shape index (κ1) is 16.9. The Balaban J connectivity index is 1.90. The largest absolute Gasteiger partial charge is 0.376 e. The predicted molar refractivity (Wildman–Crippen MR) is 89.5 cm³/mol. The Hall–Kier alpha value is -2.43. The van der Waals surface area contributed by atoms with Crippen molar-refractivity contribution in [3.63, 3.8) is 0 Å². The van der Waals surface area contributed by atoms with Crippen LogP contribution in [0.25, 0.3) is 0 Å². The van der Waals surface area contributed by atoms with Gasteiger partial charge in [-0.1, -0.05) is 25.8 Å². The average molecular weight is 315 g/mol. The number of carbonyl (C=O) groups excluding carboxylic acids is 1. The van der Waals surface area contributed by atoms with Crippen LogP contribution >= 0.6 is 0 Å². The summed E-state index contributed by atoms with van der Waals surface area (Å²) >= 11 is 0. The van der Waals surface area contributed by atoms with Gasteiger partial charge in [-0.05, 0) is 42.3 Å². The third-order valence-electron chi connectivity index (χ3n) is 3.57. The standard InChI is InChI=1S/C18H22FN3O/c1-2-3-6-17(14-5-4-11-20-12-14)22-18(23)13-21-16-9-7-15(19)8-10-16/h4-5,7-12,17,21H,2-3,6,13H2,1H3,(H,22,23)/t17-/m1/s1. The smallest absolute Gasteiger partial charge is 0.239 e. The van der Waals surface area contributed by atoms with E-state index < -0.39 is 0 Å². The molecular formula is C18H22FN3O. The van der Waals surface area contributed by atoms with Crippen LogP contribution in [0.15, 0.2) is 48.8 Å². The minimum atomic E-state index is -0.295. The molecule has 0 bridgehead atoms. The van der Waals surface area contributed by atoms with Gasteiger partial charge in [-0.15, -0.1) is 0 Å². The molecule has 0 aliphatic rings. The van der Waals surface area contributed by atoms with Gasteiger partial charge in [0.2, 0.25) is 5.91 Å². The topological polar surface area (TPSA) is 54.0 Å². The van der Waals surface area contributed by atoms with Gasteiger partial charge in [0.25, 0.3) is 0 Å².